The van der Waals surface area contributed by atoms with E-state index >= 15 is 0 Å². The number of β-lactam (4-membered cyclic amide) rings is 1. The summed E-state index contributed by atoms with van der Waals surface area (Å²) in [6, 6.07) is 6.91. The molecule has 2 N–H and O–H groups in total. The van der Waals surface area contributed by atoms with Crippen molar-refractivity contribution < 1.29 is 32.6 Å². The number of carbonyl (C=O) groups is 3. The van der Waals surface area contributed by atoms with Gasteiger partial charge in [0.05, 0.1) is 12.3 Å². The Labute approximate surface area is 149 Å². The molecule has 3 atom stereocenters. The lowest BCUT2D eigenvalue weighted by atomic mass is 9.96. The molecule has 2 fully saturated rings. The molecule has 1 aromatic rings. The second kappa shape index (κ2) is 6.57. The predicted octanol–water partition coefficient (Wildman–Crippen LogP) is -1.55. The molecule has 2 saturated heterocycles. The third-order valence-electron chi connectivity index (χ3n) is 4.24. The van der Waals surface area contributed by atoms with Crippen LogP contribution in [0.1, 0.15) is 0 Å². The van der Waals surface area contributed by atoms with Crippen molar-refractivity contribution in [2.24, 2.45) is 0 Å². The van der Waals surface area contributed by atoms with Gasteiger partial charge in [0.2, 0.25) is 15.9 Å². The molecule has 2 unspecified atom stereocenters. The Morgan fingerprint density at radius 2 is 1.96 bits per heavy atom. The molecule has 0 radical (unpaired) electrons. The maximum Gasteiger partial charge on any atom is 0.342 e. The molecule has 10 nitrogen and oxygen atoms in total. The number of ether oxygens (including phenoxy) is 1. The van der Waals surface area contributed by atoms with Crippen molar-refractivity contribution in [2.45, 2.75) is 18.2 Å². The lowest BCUT2D eigenvalue weighted by Crippen LogP contribution is -2.71. The monoisotopic (exact) mass is 383 g/mol. The average Bonchev–Trinajstić information content (AvgIpc) is 2.95. The molecule has 140 valence electrons. The van der Waals surface area contributed by atoms with Crippen molar-refractivity contribution in [3.8, 4) is 5.75 Å². The largest absolute Gasteiger partial charge is 0.484 e. The topological polar surface area (TPSA) is 133 Å². The van der Waals surface area contributed by atoms with Crippen LogP contribution in [-0.2, 0) is 24.4 Å². The van der Waals surface area contributed by atoms with Crippen LogP contribution in [0.5, 0.6) is 5.75 Å². The Balaban J connectivity index is 1.64. The van der Waals surface area contributed by atoms with Gasteiger partial charge in [0.1, 0.15) is 11.8 Å². The lowest BCUT2D eigenvalue weighted by Gasteiger charge is -2.43. The predicted molar refractivity (Wildman–Crippen MR) is 87.5 cm³/mol. The van der Waals surface area contributed by atoms with Crippen LogP contribution in [0.2, 0.25) is 0 Å². The average molecular weight is 383 g/mol. The summed E-state index contributed by atoms with van der Waals surface area (Å²) in [5, 5.41) is 11.7. The number of hydrogen-bond acceptors (Lipinski definition) is 6. The molecule has 0 spiro atoms. The number of para-hydroxylation sites is 1. The molecule has 1 aromatic carbocycles. The number of fused-ring (bicyclic) bond motifs is 1. The Kier molecular flexibility index (Phi) is 4.59. The second-order valence-corrected chi connectivity index (χ2v) is 7.94. The van der Waals surface area contributed by atoms with E-state index in [1.165, 1.54) is 0 Å². The molecule has 2 amide bonds. The number of sulfonamides is 1. The van der Waals surface area contributed by atoms with Crippen LogP contribution < -0.4 is 10.1 Å². The van der Waals surface area contributed by atoms with E-state index in [2.05, 4.69) is 5.32 Å². The fraction of sp³-hybridized carbons (Fsp3) is 0.400. The van der Waals surface area contributed by atoms with Crippen molar-refractivity contribution in [1.82, 2.24) is 14.5 Å². The van der Waals surface area contributed by atoms with Crippen molar-refractivity contribution in [1.29, 1.82) is 0 Å². The quantitative estimate of drug-likeness (QED) is 0.568. The minimum Gasteiger partial charge on any atom is -0.484 e. The fourth-order valence-corrected chi connectivity index (χ4v) is 4.06. The minimum absolute atomic E-state index is 0.188. The summed E-state index contributed by atoms with van der Waals surface area (Å²) in [6.45, 7) is -0.509. The van der Waals surface area contributed by atoms with Gasteiger partial charge >= 0.3 is 5.97 Å². The summed E-state index contributed by atoms with van der Waals surface area (Å²) in [5.41, 5.74) is 0. The standard InChI is InChI=1S/C15H17N3O7S/c1-26(23,24)17-7-10-12(14(20)18(10)13(17)15(21)22)16-11(19)8-25-9-5-3-2-4-6-9/h2-6,10,12-13H,7-8H2,1H3,(H,16,19)(H,21,22)/t10?,12-,13?/m0/s1. The van der Waals surface area contributed by atoms with Crippen molar-refractivity contribution in [2.75, 3.05) is 19.4 Å². The smallest absolute Gasteiger partial charge is 0.342 e. The SMILES string of the molecule is CS(=O)(=O)N1CC2[C@H](NC(=O)COc3ccccc3)C(=O)N2C1C(=O)O. The van der Waals surface area contributed by atoms with Crippen LogP contribution in [-0.4, -0.2) is 78.2 Å². The first-order valence-electron chi connectivity index (χ1n) is 7.69. The maximum atomic E-state index is 12.2. The normalized spacial score (nSPS) is 25.3. The summed E-state index contributed by atoms with van der Waals surface area (Å²) in [6.07, 6.45) is -0.711. The highest BCUT2D eigenvalue weighted by Gasteiger charge is 2.61. The number of carboxylic acids is 1. The third-order valence-corrected chi connectivity index (χ3v) is 5.44. The van der Waals surface area contributed by atoms with E-state index in [1.807, 2.05) is 0 Å². The van der Waals surface area contributed by atoms with Crippen molar-refractivity contribution in [3.63, 3.8) is 0 Å². The molecule has 3 rings (SSSR count). The summed E-state index contributed by atoms with van der Waals surface area (Å²) in [4.78, 5) is 36.6. The van der Waals surface area contributed by atoms with Crippen LogP contribution in [0.4, 0.5) is 0 Å². The lowest BCUT2D eigenvalue weighted by molar-refractivity contribution is -0.163. The molecule has 0 aliphatic carbocycles. The second-order valence-electron chi connectivity index (χ2n) is 6.00. The van der Waals surface area contributed by atoms with Gasteiger partial charge in [0, 0.05) is 6.54 Å². The molecule has 2 heterocycles. The molecular formula is C15H17N3O7S. The molecule has 2 aliphatic rings. The number of amides is 2. The number of carboxylic acid groups (broad SMARTS) is 1. The third kappa shape index (κ3) is 3.22. The highest BCUT2D eigenvalue weighted by atomic mass is 32.2. The van der Waals surface area contributed by atoms with E-state index in [1.54, 1.807) is 30.3 Å². The summed E-state index contributed by atoms with van der Waals surface area (Å²) < 4.78 is 29.6. The van der Waals surface area contributed by atoms with Gasteiger partial charge in [-0.05, 0) is 12.1 Å². The molecule has 2 aliphatic heterocycles. The molecule has 11 heteroatoms. The van der Waals surface area contributed by atoms with Crippen LogP contribution in [0.15, 0.2) is 30.3 Å². The van der Waals surface area contributed by atoms with Gasteiger partial charge in [-0.25, -0.2) is 13.2 Å². The van der Waals surface area contributed by atoms with E-state index in [9.17, 15) is 27.9 Å². The highest BCUT2D eigenvalue weighted by Crippen LogP contribution is 2.34. The first-order valence-corrected chi connectivity index (χ1v) is 9.54. The molecule has 26 heavy (non-hydrogen) atoms. The fourth-order valence-electron chi connectivity index (χ4n) is 3.08. The number of benzene rings is 1. The minimum atomic E-state index is -3.82. The summed E-state index contributed by atoms with van der Waals surface area (Å²) >= 11 is 0. The number of carbonyl (C=O) groups excluding carboxylic acids is 2. The zero-order valence-corrected chi connectivity index (χ0v) is 14.5. The summed E-state index contributed by atoms with van der Waals surface area (Å²) in [7, 11) is -3.82. The van der Waals surface area contributed by atoms with Gasteiger partial charge in [0.25, 0.3) is 5.91 Å². The van der Waals surface area contributed by atoms with E-state index in [0.29, 0.717) is 5.75 Å². The van der Waals surface area contributed by atoms with Gasteiger partial charge in [-0.1, -0.05) is 18.2 Å². The zero-order valence-electron chi connectivity index (χ0n) is 13.7. The van der Waals surface area contributed by atoms with Gasteiger partial charge in [-0.15, -0.1) is 0 Å². The van der Waals surface area contributed by atoms with Crippen LogP contribution in [0.3, 0.4) is 0 Å². The number of nitrogens with zero attached hydrogens (tertiary/aromatic N) is 2. The molecule has 0 bridgehead atoms. The highest BCUT2D eigenvalue weighted by molar-refractivity contribution is 7.88. The van der Waals surface area contributed by atoms with Gasteiger partial charge in [0.15, 0.2) is 12.8 Å². The van der Waals surface area contributed by atoms with Crippen LogP contribution in [0.25, 0.3) is 0 Å². The van der Waals surface area contributed by atoms with Crippen molar-refractivity contribution in [3.05, 3.63) is 30.3 Å². The number of nitrogens with one attached hydrogen (secondary N) is 1. The zero-order chi connectivity index (χ0) is 19.1. The van der Waals surface area contributed by atoms with Gasteiger partial charge in [-0.3, -0.25) is 9.59 Å². The van der Waals surface area contributed by atoms with Crippen LogP contribution >= 0.6 is 0 Å². The molecule has 0 aromatic heterocycles. The Morgan fingerprint density at radius 1 is 1.31 bits per heavy atom. The van der Waals surface area contributed by atoms with Crippen LogP contribution in [0, 0.1) is 0 Å². The van der Waals surface area contributed by atoms with Crippen molar-refractivity contribution >= 4 is 27.8 Å². The summed E-state index contributed by atoms with van der Waals surface area (Å²) in [5.74, 6) is -2.15. The van der Waals surface area contributed by atoms with Gasteiger partial charge in [-0.2, -0.15) is 4.31 Å². The first-order chi connectivity index (χ1) is 12.2. The van der Waals surface area contributed by atoms with E-state index in [-0.39, 0.29) is 13.2 Å². The van der Waals surface area contributed by atoms with Gasteiger partial charge < -0.3 is 20.1 Å². The number of hydrogen-bond donors (Lipinski definition) is 2. The first kappa shape index (κ1) is 18.1. The van der Waals surface area contributed by atoms with E-state index in [4.69, 9.17) is 4.74 Å². The molecular weight excluding hydrogens is 366 g/mol. The maximum absolute atomic E-state index is 12.2. The number of rotatable bonds is 6. The van der Waals surface area contributed by atoms with E-state index < -0.39 is 46.1 Å². The van der Waals surface area contributed by atoms with E-state index in [0.717, 1.165) is 15.5 Å². The Hall–Kier alpha value is -2.66. The molecule has 0 saturated carbocycles. The Morgan fingerprint density at radius 3 is 2.54 bits per heavy atom. The Bertz CT molecular complexity index is 842. The number of aliphatic carboxylic acids is 1.